The lowest BCUT2D eigenvalue weighted by Crippen LogP contribution is -2.33. The fourth-order valence-corrected chi connectivity index (χ4v) is 3.32. The highest BCUT2D eigenvalue weighted by Gasteiger charge is 2.35. The van der Waals surface area contributed by atoms with E-state index >= 15 is 0 Å². The zero-order valence-corrected chi connectivity index (χ0v) is 11.7. The predicted molar refractivity (Wildman–Crippen MR) is 70.1 cm³/mol. The molecule has 2 unspecified atom stereocenters. The summed E-state index contributed by atoms with van der Waals surface area (Å²) in [6.45, 7) is 9.90. The van der Waals surface area contributed by atoms with E-state index < -0.39 is 0 Å². The molecule has 0 aromatic carbocycles. The van der Waals surface area contributed by atoms with Crippen molar-refractivity contribution in [3.8, 4) is 0 Å². The van der Waals surface area contributed by atoms with Crippen molar-refractivity contribution in [3.63, 3.8) is 0 Å². The molecule has 2 aliphatic rings. The molecule has 17 heavy (non-hydrogen) atoms. The second kappa shape index (κ2) is 5.71. The molecule has 2 nitrogen and oxygen atoms in total. The molecular weight excluding hydrogens is 212 g/mol. The van der Waals surface area contributed by atoms with Gasteiger partial charge in [0.05, 0.1) is 12.7 Å². The zero-order valence-electron chi connectivity index (χ0n) is 11.7. The van der Waals surface area contributed by atoms with E-state index in [2.05, 4.69) is 20.8 Å². The van der Waals surface area contributed by atoms with E-state index in [1.807, 2.05) is 0 Å². The molecule has 0 N–H and O–H groups in total. The summed E-state index contributed by atoms with van der Waals surface area (Å²) in [5.41, 5.74) is 0.377. The Kier molecular flexibility index (Phi) is 4.48. The fraction of sp³-hybridized carbons (Fsp3) is 1.00. The van der Waals surface area contributed by atoms with Crippen LogP contribution in [0.4, 0.5) is 0 Å². The number of hydrogen-bond acceptors (Lipinski definition) is 2. The number of ether oxygens (including phenoxy) is 2. The van der Waals surface area contributed by atoms with Gasteiger partial charge in [0.1, 0.15) is 0 Å². The van der Waals surface area contributed by atoms with Crippen LogP contribution < -0.4 is 0 Å². The molecule has 0 saturated carbocycles. The zero-order chi connectivity index (χ0) is 12.3. The first-order valence-corrected chi connectivity index (χ1v) is 7.32. The summed E-state index contributed by atoms with van der Waals surface area (Å²) in [7, 11) is 0. The van der Waals surface area contributed by atoms with Crippen LogP contribution >= 0.6 is 0 Å². The van der Waals surface area contributed by atoms with Gasteiger partial charge in [-0.25, -0.2) is 0 Å². The van der Waals surface area contributed by atoms with Gasteiger partial charge < -0.3 is 9.47 Å². The molecule has 100 valence electrons. The largest absolute Gasteiger partial charge is 0.381 e. The number of hydrogen-bond donors (Lipinski definition) is 0. The number of rotatable bonds is 4. The maximum Gasteiger partial charge on any atom is 0.0584 e. The lowest BCUT2D eigenvalue weighted by atomic mass is 9.77. The molecule has 0 amide bonds. The first-order chi connectivity index (χ1) is 8.13. The lowest BCUT2D eigenvalue weighted by molar-refractivity contribution is -0.0444. The molecule has 0 bridgehead atoms. The van der Waals surface area contributed by atoms with Crippen LogP contribution in [-0.4, -0.2) is 25.9 Å². The average Bonchev–Trinajstić information content (AvgIpc) is 2.75. The van der Waals surface area contributed by atoms with Crippen LogP contribution in [-0.2, 0) is 9.47 Å². The Balaban J connectivity index is 1.84. The van der Waals surface area contributed by atoms with E-state index in [1.54, 1.807) is 0 Å². The van der Waals surface area contributed by atoms with Crippen molar-refractivity contribution in [3.05, 3.63) is 0 Å². The van der Waals surface area contributed by atoms with Crippen LogP contribution in [0, 0.1) is 17.3 Å². The van der Waals surface area contributed by atoms with Crippen molar-refractivity contribution >= 4 is 0 Å². The second-order valence-corrected chi connectivity index (χ2v) is 6.48. The van der Waals surface area contributed by atoms with Crippen LogP contribution in [0.2, 0.25) is 0 Å². The van der Waals surface area contributed by atoms with Gasteiger partial charge in [-0.15, -0.1) is 0 Å². The van der Waals surface area contributed by atoms with E-state index in [0.29, 0.717) is 11.5 Å². The highest BCUT2D eigenvalue weighted by molar-refractivity contribution is 4.85. The minimum atomic E-state index is 0.377. The maximum atomic E-state index is 5.97. The van der Waals surface area contributed by atoms with E-state index in [4.69, 9.17) is 9.47 Å². The molecule has 0 aromatic heterocycles. The Hall–Kier alpha value is -0.0800. The average molecular weight is 240 g/mol. The van der Waals surface area contributed by atoms with Crippen LogP contribution in [0.15, 0.2) is 0 Å². The van der Waals surface area contributed by atoms with Gasteiger partial charge in [-0.1, -0.05) is 27.2 Å². The summed E-state index contributed by atoms with van der Waals surface area (Å²) in [5, 5.41) is 0. The molecule has 2 saturated heterocycles. The van der Waals surface area contributed by atoms with Gasteiger partial charge >= 0.3 is 0 Å². The van der Waals surface area contributed by atoms with Crippen molar-refractivity contribution in [1.82, 2.24) is 0 Å². The first-order valence-electron chi connectivity index (χ1n) is 7.32. The Labute approximate surface area is 106 Å². The molecule has 2 rings (SSSR count). The predicted octanol–water partition coefficient (Wildman–Crippen LogP) is 3.64. The van der Waals surface area contributed by atoms with Gasteiger partial charge in [0.15, 0.2) is 0 Å². The van der Waals surface area contributed by atoms with Gasteiger partial charge in [-0.2, -0.15) is 0 Å². The van der Waals surface area contributed by atoms with E-state index in [9.17, 15) is 0 Å². The van der Waals surface area contributed by atoms with E-state index in [1.165, 1.54) is 32.1 Å². The first kappa shape index (κ1) is 13.4. The van der Waals surface area contributed by atoms with Crippen molar-refractivity contribution < 1.29 is 9.47 Å². The van der Waals surface area contributed by atoms with Crippen molar-refractivity contribution in [2.45, 2.75) is 59.0 Å². The van der Waals surface area contributed by atoms with Gasteiger partial charge in [-0.05, 0) is 42.9 Å². The third kappa shape index (κ3) is 3.45. The normalized spacial score (nSPS) is 40.4. The van der Waals surface area contributed by atoms with Crippen molar-refractivity contribution in [2.24, 2.45) is 17.3 Å². The standard InChI is InChI=1S/C15H28O2/c1-4-12(2)13-5-7-17-14(9-13)10-15(3)6-8-16-11-15/h12-14H,4-11H2,1-3H3/t12-,13?,14?,15+/m1/s1. The van der Waals surface area contributed by atoms with Gasteiger partial charge in [0, 0.05) is 13.2 Å². The topological polar surface area (TPSA) is 18.5 Å². The molecule has 0 aliphatic carbocycles. The van der Waals surface area contributed by atoms with Crippen molar-refractivity contribution in [2.75, 3.05) is 19.8 Å². The molecule has 2 aliphatic heterocycles. The van der Waals surface area contributed by atoms with Crippen LogP contribution in [0.5, 0.6) is 0 Å². The summed E-state index contributed by atoms with van der Waals surface area (Å²) in [4.78, 5) is 0. The fourth-order valence-electron chi connectivity index (χ4n) is 3.32. The molecule has 2 heteroatoms. The van der Waals surface area contributed by atoms with E-state index in [-0.39, 0.29) is 0 Å². The third-order valence-electron chi connectivity index (χ3n) is 4.88. The summed E-state index contributed by atoms with van der Waals surface area (Å²) in [5.74, 6) is 1.73. The second-order valence-electron chi connectivity index (χ2n) is 6.48. The molecule has 2 heterocycles. The Morgan fingerprint density at radius 1 is 1.35 bits per heavy atom. The highest BCUT2D eigenvalue weighted by atomic mass is 16.5. The van der Waals surface area contributed by atoms with Crippen LogP contribution in [0.1, 0.15) is 52.9 Å². The third-order valence-corrected chi connectivity index (χ3v) is 4.88. The summed E-state index contributed by atoms with van der Waals surface area (Å²) >= 11 is 0. The summed E-state index contributed by atoms with van der Waals surface area (Å²) < 4.78 is 11.5. The minimum absolute atomic E-state index is 0.377. The monoisotopic (exact) mass is 240 g/mol. The Bertz CT molecular complexity index is 233. The van der Waals surface area contributed by atoms with E-state index in [0.717, 1.165) is 31.7 Å². The SMILES string of the molecule is CC[C@@H](C)C1CCOC(C[C@]2(C)CCOC2)C1. The van der Waals surface area contributed by atoms with Gasteiger partial charge in [-0.3, -0.25) is 0 Å². The molecule has 0 aromatic rings. The molecule has 2 fully saturated rings. The smallest absolute Gasteiger partial charge is 0.0584 e. The van der Waals surface area contributed by atoms with Crippen LogP contribution in [0.3, 0.4) is 0 Å². The minimum Gasteiger partial charge on any atom is -0.381 e. The molecular formula is C15H28O2. The van der Waals surface area contributed by atoms with Crippen molar-refractivity contribution in [1.29, 1.82) is 0 Å². The summed E-state index contributed by atoms with van der Waals surface area (Å²) in [6.07, 6.45) is 6.72. The molecule has 4 atom stereocenters. The Morgan fingerprint density at radius 2 is 2.18 bits per heavy atom. The Morgan fingerprint density at radius 3 is 2.82 bits per heavy atom. The quantitative estimate of drug-likeness (QED) is 0.747. The summed E-state index contributed by atoms with van der Waals surface area (Å²) in [6, 6.07) is 0. The van der Waals surface area contributed by atoms with Gasteiger partial charge in [0.25, 0.3) is 0 Å². The molecule has 0 spiro atoms. The van der Waals surface area contributed by atoms with Gasteiger partial charge in [0.2, 0.25) is 0 Å². The maximum absolute atomic E-state index is 5.97. The molecule has 0 radical (unpaired) electrons. The van der Waals surface area contributed by atoms with Crippen LogP contribution in [0.25, 0.3) is 0 Å². The lowest BCUT2D eigenvalue weighted by Gasteiger charge is -2.36. The highest BCUT2D eigenvalue weighted by Crippen LogP contribution is 2.38.